The van der Waals surface area contributed by atoms with E-state index in [1.807, 2.05) is 6.07 Å². The van der Waals surface area contributed by atoms with Gasteiger partial charge in [-0.3, -0.25) is 9.80 Å². The fourth-order valence-electron chi connectivity index (χ4n) is 8.37. The van der Waals surface area contributed by atoms with Crippen LogP contribution in [0.3, 0.4) is 0 Å². The van der Waals surface area contributed by atoms with Gasteiger partial charge in [0.05, 0.1) is 11.0 Å². The van der Waals surface area contributed by atoms with Crippen LogP contribution in [-0.4, -0.2) is 63.4 Å². The van der Waals surface area contributed by atoms with Crippen molar-refractivity contribution in [2.45, 2.75) is 94.0 Å². The maximum atomic E-state index is 12.7. The van der Waals surface area contributed by atoms with E-state index in [1.54, 1.807) is 0 Å². The molecule has 0 aromatic heterocycles. The van der Waals surface area contributed by atoms with E-state index < -0.39 is 11.0 Å². The Morgan fingerprint density at radius 1 is 1.08 bits per heavy atom. The Bertz CT molecular complexity index is 1130. The number of phenols is 1. The van der Waals surface area contributed by atoms with Gasteiger partial charge in [-0.25, -0.2) is 0 Å². The van der Waals surface area contributed by atoms with E-state index >= 15 is 0 Å². The summed E-state index contributed by atoms with van der Waals surface area (Å²) in [6, 6.07) is 15.1. The summed E-state index contributed by atoms with van der Waals surface area (Å²) < 4.78 is 6.84. The molecule has 5 nitrogen and oxygen atoms in total. The van der Waals surface area contributed by atoms with Gasteiger partial charge in [0.2, 0.25) is 0 Å². The molecule has 5 heteroatoms. The van der Waals surface area contributed by atoms with Gasteiger partial charge in [0.1, 0.15) is 6.10 Å². The first kappa shape index (κ1) is 23.1. The van der Waals surface area contributed by atoms with Crippen molar-refractivity contribution in [2.24, 2.45) is 5.92 Å². The van der Waals surface area contributed by atoms with Gasteiger partial charge in [0.15, 0.2) is 11.5 Å². The van der Waals surface area contributed by atoms with E-state index in [2.05, 4.69) is 53.1 Å². The van der Waals surface area contributed by atoms with Crippen molar-refractivity contribution in [2.75, 3.05) is 19.6 Å². The van der Waals surface area contributed by atoms with Crippen LogP contribution in [-0.2, 0) is 18.4 Å². The van der Waals surface area contributed by atoms with Crippen LogP contribution >= 0.6 is 0 Å². The highest BCUT2D eigenvalue weighted by Gasteiger charge is 2.73. The zero-order valence-corrected chi connectivity index (χ0v) is 21.5. The second-order valence-electron chi connectivity index (χ2n) is 12.2. The number of ether oxygens (including phenoxy) is 1. The third-order valence-corrected chi connectivity index (χ3v) is 10.2. The molecule has 3 aliphatic carbocycles. The summed E-state index contributed by atoms with van der Waals surface area (Å²) in [5, 5.41) is 23.7. The standard InChI is InChI=1S/C31H40N2O3/c1-2-3-16-32(19-21-7-5-4-6-8-21)24-13-14-31(35)26-18-23-11-12-25(34)28-27(23)30(31,29(24)36-28)15-17-33(26)20-22-9-10-22/h4-8,11-12,22,24,26,29,34-35H,2-3,9-10,13-20H2,1H3/t24-,26+,29+,30+,31-/m1/s1. The molecular weight excluding hydrogens is 448 g/mol. The lowest BCUT2D eigenvalue weighted by Gasteiger charge is -2.65. The van der Waals surface area contributed by atoms with Crippen LogP contribution in [0.15, 0.2) is 42.5 Å². The predicted molar refractivity (Wildman–Crippen MR) is 140 cm³/mol. The molecule has 1 saturated heterocycles. The van der Waals surface area contributed by atoms with Crippen LogP contribution < -0.4 is 4.74 Å². The maximum Gasteiger partial charge on any atom is 0.165 e. The van der Waals surface area contributed by atoms with Crippen molar-refractivity contribution >= 4 is 0 Å². The fourth-order valence-corrected chi connectivity index (χ4v) is 8.37. The first-order valence-corrected chi connectivity index (χ1v) is 14.3. The van der Waals surface area contributed by atoms with Crippen LogP contribution in [0.4, 0.5) is 0 Å². The van der Waals surface area contributed by atoms with Crippen molar-refractivity contribution in [3.05, 3.63) is 59.2 Å². The van der Waals surface area contributed by atoms with Crippen LogP contribution in [0, 0.1) is 5.92 Å². The van der Waals surface area contributed by atoms with Gasteiger partial charge in [0, 0.05) is 30.7 Å². The highest BCUT2D eigenvalue weighted by atomic mass is 16.5. The molecule has 36 heavy (non-hydrogen) atoms. The summed E-state index contributed by atoms with van der Waals surface area (Å²) in [7, 11) is 0. The maximum absolute atomic E-state index is 12.7. The van der Waals surface area contributed by atoms with Gasteiger partial charge in [-0.05, 0) is 81.1 Å². The molecule has 1 spiro atoms. The van der Waals surface area contributed by atoms with Crippen molar-refractivity contribution in [1.29, 1.82) is 0 Å². The second-order valence-corrected chi connectivity index (χ2v) is 12.2. The average Bonchev–Trinajstić information content (AvgIpc) is 3.63. The molecule has 192 valence electrons. The number of phenolic OH excluding ortho intramolecular Hbond substituents is 1. The fraction of sp³-hybridized carbons (Fsp3) is 0.613. The van der Waals surface area contributed by atoms with Gasteiger partial charge < -0.3 is 14.9 Å². The van der Waals surface area contributed by atoms with Gasteiger partial charge in [0.25, 0.3) is 0 Å². The number of rotatable bonds is 8. The minimum Gasteiger partial charge on any atom is -0.504 e. The Kier molecular flexibility index (Phi) is 5.43. The quantitative estimate of drug-likeness (QED) is 0.568. The average molecular weight is 489 g/mol. The summed E-state index contributed by atoms with van der Waals surface area (Å²) in [6.45, 7) is 6.31. The van der Waals surface area contributed by atoms with E-state index in [0.29, 0.717) is 5.75 Å². The van der Waals surface area contributed by atoms with Gasteiger partial charge in [-0.15, -0.1) is 0 Å². The molecule has 2 bridgehead atoms. The molecule has 0 unspecified atom stereocenters. The Hall–Kier alpha value is -2.08. The zero-order chi connectivity index (χ0) is 24.5. The molecule has 2 aromatic carbocycles. The molecular formula is C31H40N2O3. The number of unbranched alkanes of at least 4 members (excludes halogenated alkanes) is 1. The number of piperidine rings is 1. The van der Waals surface area contributed by atoms with Gasteiger partial charge in [-0.2, -0.15) is 0 Å². The van der Waals surface area contributed by atoms with Crippen LogP contribution in [0.25, 0.3) is 0 Å². The summed E-state index contributed by atoms with van der Waals surface area (Å²) >= 11 is 0. The second kappa shape index (κ2) is 8.47. The molecule has 0 radical (unpaired) electrons. The number of nitrogens with zero attached hydrogens (tertiary/aromatic N) is 2. The van der Waals surface area contributed by atoms with Crippen LogP contribution in [0.1, 0.15) is 68.6 Å². The number of hydrogen-bond donors (Lipinski definition) is 2. The summed E-state index contributed by atoms with van der Waals surface area (Å²) in [5.74, 6) is 1.70. The predicted octanol–water partition coefficient (Wildman–Crippen LogP) is 4.63. The Labute approximate surface area is 215 Å². The molecule has 3 fully saturated rings. The Morgan fingerprint density at radius 3 is 2.69 bits per heavy atom. The molecule has 2 aliphatic heterocycles. The molecule has 2 N–H and O–H groups in total. The minimum atomic E-state index is -0.809. The van der Waals surface area contributed by atoms with E-state index in [4.69, 9.17) is 4.74 Å². The van der Waals surface area contributed by atoms with Crippen LogP contribution in [0.5, 0.6) is 11.5 Å². The zero-order valence-electron chi connectivity index (χ0n) is 21.5. The molecule has 2 aromatic rings. The van der Waals surface area contributed by atoms with Gasteiger partial charge in [-0.1, -0.05) is 49.7 Å². The van der Waals surface area contributed by atoms with Crippen molar-refractivity contribution in [3.63, 3.8) is 0 Å². The van der Waals surface area contributed by atoms with Crippen molar-refractivity contribution < 1.29 is 14.9 Å². The highest BCUT2D eigenvalue weighted by Crippen LogP contribution is 2.66. The van der Waals surface area contributed by atoms with E-state index in [9.17, 15) is 10.2 Å². The number of aromatic hydroxyl groups is 1. The molecule has 5 aliphatic rings. The largest absolute Gasteiger partial charge is 0.504 e. The highest BCUT2D eigenvalue weighted by molar-refractivity contribution is 5.62. The minimum absolute atomic E-state index is 0.134. The number of benzene rings is 2. The molecule has 7 rings (SSSR count). The Balaban J connectivity index is 1.31. The SMILES string of the molecule is CCCCN(Cc1ccccc1)[C@@H]1CC[C@@]2(O)[C@@H]3Cc4ccc(O)c5c4[C@@]2(CCN3CC2CC2)[C@H]1O5. The Morgan fingerprint density at radius 2 is 1.92 bits per heavy atom. The number of aliphatic hydroxyl groups is 1. The first-order valence-electron chi connectivity index (χ1n) is 14.3. The topological polar surface area (TPSA) is 56.2 Å². The third-order valence-electron chi connectivity index (χ3n) is 10.2. The summed E-state index contributed by atoms with van der Waals surface area (Å²) in [4.78, 5) is 5.24. The lowest BCUT2D eigenvalue weighted by Crippen LogP contribution is -2.78. The monoisotopic (exact) mass is 488 g/mol. The normalized spacial score (nSPS) is 34.5. The van der Waals surface area contributed by atoms with Crippen LogP contribution in [0.2, 0.25) is 0 Å². The lowest BCUT2D eigenvalue weighted by atomic mass is 9.48. The van der Waals surface area contributed by atoms with E-state index in [0.717, 1.165) is 76.2 Å². The summed E-state index contributed by atoms with van der Waals surface area (Å²) in [5.41, 5.74) is 2.49. The van der Waals surface area contributed by atoms with Crippen molar-refractivity contribution in [3.8, 4) is 11.5 Å². The first-order chi connectivity index (χ1) is 17.5. The molecule has 0 amide bonds. The van der Waals surface area contributed by atoms with E-state index in [1.165, 1.54) is 24.0 Å². The molecule has 5 atom stereocenters. The summed E-state index contributed by atoms with van der Waals surface area (Å²) in [6.07, 6.45) is 8.33. The smallest absolute Gasteiger partial charge is 0.165 e. The number of hydrogen-bond acceptors (Lipinski definition) is 5. The van der Waals surface area contributed by atoms with E-state index in [-0.39, 0.29) is 23.9 Å². The molecule has 2 heterocycles. The number of likely N-dealkylation sites (tertiary alicyclic amines) is 1. The van der Waals surface area contributed by atoms with Gasteiger partial charge >= 0.3 is 0 Å². The lowest BCUT2D eigenvalue weighted by molar-refractivity contribution is -0.201. The molecule has 2 saturated carbocycles. The third kappa shape index (κ3) is 3.25. The van der Waals surface area contributed by atoms with Crippen molar-refractivity contribution in [1.82, 2.24) is 9.80 Å².